The van der Waals surface area contributed by atoms with E-state index in [0.717, 1.165) is 0 Å². The Balaban J connectivity index is 1.88. The third kappa shape index (κ3) is 4.55. The van der Waals surface area contributed by atoms with Crippen LogP contribution in [0.15, 0.2) is 48.5 Å². The lowest BCUT2D eigenvalue weighted by atomic mass is 10.2. The number of halogens is 1. The predicted molar refractivity (Wildman–Crippen MR) is 86.1 cm³/mol. The Hall–Kier alpha value is -2.89. The van der Waals surface area contributed by atoms with Crippen molar-refractivity contribution in [3.63, 3.8) is 0 Å². The molecule has 0 heterocycles. The Bertz CT molecular complexity index is 718. The van der Waals surface area contributed by atoms with Gasteiger partial charge in [0, 0.05) is 5.56 Å². The van der Waals surface area contributed by atoms with E-state index in [0.29, 0.717) is 11.1 Å². The van der Waals surface area contributed by atoms with Gasteiger partial charge in [0.2, 0.25) is 0 Å². The van der Waals surface area contributed by atoms with E-state index in [-0.39, 0.29) is 18.3 Å². The van der Waals surface area contributed by atoms with Crippen LogP contribution >= 0.6 is 0 Å². The summed E-state index contributed by atoms with van der Waals surface area (Å²) in [4.78, 5) is 23.9. The fourth-order valence-corrected chi connectivity index (χ4v) is 2.01. The van der Waals surface area contributed by atoms with Crippen LogP contribution in [0, 0.1) is 5.82 Å². The second-order valence-electron chi connectivity index (χ2n) is 5.14. The third-order valence-electron chi connectivity index (χ3n) is 3.33. The van der Waals surface area contributed by atoms with Gasteiger partial charge < -0.3 is 14.8 Å². The first-order valence-electron chi connectivity index (χ1n) is 7.36. The molecule has 5 nitrogen and oxygen atoms in total. The highest BCUT2D eigenvalue weighted by Gasteiger charge is 2.18. The van der Waals surface area contributed by atoms with Crippen LogP contribution in [-0.2, 0) is 16.1 Å². The highest BCUT2D eigenvalue weighted by molar-refractivity contribution is 5.96. The molecule has 0 aromatic heterocycles. The first-order chi connectivity index (χ1) is 11.5. The monoisotopic (exact) mass is 331 g/mol. The quantitative estimate of drug-likeness (QED) is 0.827. The van der Waals surface area contributed by atoms with Gasteiger partial charge in [-0.1, -0.05) is 24.3 Å². The first kappa shape index (κ1) is 17.5. The van der Waals surface area contributed by atoms with Crippen molar-refractivity contribution in [3.8, 4) is 5.75 Å². The molecule has 0 unspecified atom stereocenters. The number of ether oxygens (including phenoxy) is 2. The number of nitrogens with one attached hydrogen (secondary N) is 1. The number of carbonyl (C=O) groups excluding carboxylic acids is 2. The van der Waals surface area contributed by atoms with Crippen molar-refractivity contribution in [2.45, 2.75) is 19.6 Å². The van der Waals surface area contributed by atoms with E-state index in [2.05, 4.69) is 5.32 Å². The molecular formula is C18H18FNO4. The van der Waals surface area contributed by atoms with Crippen molar-refractivity contribution >= 4 is 11.9 Å². The average molecular weight is 331 g/mol. The molecule has 24 heavy (non-hydrogen) atoms. The van der Waals surface area contributed by atoms with Crippen molar-refractivity contribution in [2.75, 3.05) is 7.11 Å². The van der Waals surface area contributed by atoms with Crippen LogP contribution in [0.2, 0.25) is 0 Å². The highest BCUT2D eigenvalue weighted by atomic mass is 19.1. The number of amides is 1. The lowest BCUT2D eigenvalue weighted by molar-refractivity contribution is -0.146. The molecule has 0 aliphatic carbocycles. The summed E-state index contributed by atoms with van der Waals surface area (Å²) < 4.78 is 23.5. The van der Waals surface area contributed by atoms with Gasteiger partial charge in [0.05, 0.1) is 7.11 Å². The van der Waals surface area contributed by atoms with Gasteiger partial charge >= 0.3 is 5.97 Å². The number of carbonyl (C=O) groups is 2. The SMILES string of the molecule is COc1ccc(COC(=O)[C@H](C)NC(=O)c2ccccc2)cc1F. The van der Waals surface area contributed by atoms with E-state index in [9.17, 15) is 14.0 Å². The van der Waals surface area contributed by atoms with Gasteiger partial charge in [-0.25, -0.2) is 9.18 Å². The van der Waals surface area contributed by atoms with E-state index < -0.39 is 17.8 Å². The maximum absolute atomic E-state index is 13.6. The fourth-order valence-electron chi connectivity index (χ4n) is 2.01. The summed E-state index contributed by atoms with van der Waals surface area (Å²) in [6.07, 6.45) is 0. The molecule has 2 rings (SSSR count). The molecule has 0 aliphatic heterocycles. The minimum Gasteiger partial charge on any atom is -0.494 e. The minimum atomic E-state index is -0.819. The molecule has 2 aromatic carbocycles. The molecule has 2 aromatic rings. The van der Waals surface area contributed by atoms with Gasteiger partial charge in [-0.15, -0.1) is 0 Å². The fraction of sp³-hybridized carbons (Fsp3) is 0.222. The van der Waals surface area contributed by atoms with Gasteiger partial charge in [-0.05, 0) is 36.8 Å². The second-order valence-corrected chi connectivity index (χ2v) is 5.14. The predicted octanol–water partition coefficient (Wildman–Crippen LogP) is 2.70. The van der Waals surface area contributed by atoms with Crippen LogP contribution < -0.4 is 10.1 Å². The maximum Gasteiger partial charge on any atom is 0.328 e. The second kappa shape index (κ2) is 8.10. The molecule has 126 valence electrons. The first-order valence-corrected chi connectivity index (χ1v) is 7.36. The van der Waals surface area contributed by atoms with E-state index in [4.69, 9.17) is 9.47 Å². The molecule has 0 bridgehead atoms. The van der Waals surface area contributed by atoms with Gasteiger partial charge in [0.15, 0.2) is 11.6 Å². The van der Waals surface area contributed by atoms with E-state index in [1.54, 1.807) is 36.4 Å². The Morgan fingerprint density at radius 3 is 2.50 bits per heavy atom. The zero-order valence-electron chi connectivity index (χ0n) is 13.4. The molecule has 1 atom stereocenters. The van der Waals surface area contributed by atoms with Crippen molar-refractivity contribution in [1.29, 1.82) is 0 Å². The summed E-state index contributed by atoms with van der Waals surface area (Å²) in [5, 5.41) is 2.55. The Morgan fingerprint density at radius 1 is 1.17 bits per heavy atom. The van der Waals surface area contributed by atoms with Crippen molar-refractivity contribution in [3.05, 3.63) is 65.5 Å². The number of methoxy groups -OCH3 is 1. The largest absolute Gasteiger partial charge is 0.494 e. The molecule has 1 amide bonds. The zero-order valence-corrected chi connectivity index (χ0v) is 13.4. The van der Waals surface area contributed by atoms with Gasteiger partial charge in [-0.3, -0.25) is 4.79 Å². The molecule has 0 saturated heterocycles. The number of hydrogen-bond donors (Lipinski definition) is 1. The lowest BCUT2D eigenvalue weighted by Gasteiger charge is -2.13. The van der Waals surface area contributed by atoms with Gasteiger partial charge in [0.1, 0.15) is 12.6 Å². The summed E-state index contributed by atoms with van der Waals surface area (Å²) >= 11 is 0. The van der Waals surface area contributed by atoms with Crippen LogP contribution in [0.25, 0.3) is 0 Å². The molecule has 0 saturated carbocycles. The highest BCUT2D eigenvalue weighted by Crippen LogP contribution is 2.18. The van der Waals surface area contributed by atoms with Crippen LogP contribution in [0.4, 0.5) is 4.39 Å². The van der Waals surface area contributed by atoms with Crippen molar-refractivity contribution in [1.82, 2.24) is 5.32 Å². The summed E-state index contributed by atoms with van der Waals surface area (Å²) in [5.41, 5.74) is 0.942. The molecule has 0 radical (unpaired) electrons. The maximum atomic E-state index is 13.6. The average Bonchev–Trinajstić information content (AvgIpc) is 2.60. The number of benzene rings is 2. The van der Waals surface area contributed by atoms with Crippen molar-refractivity contribution < 1.29 is 23.5 Å². The molecule has 1 N–H and O–H groups in total. The van der Waals surface area contributed by atoms with E-state index >= 15 is 0 Å². The number of rotatable bonds is 6. The van der Waals surface area contributed by atoms with Crippen LogP contribution in [-0.4, -0.2) is 25.0 Å². The topological polar surface area (TPSA) is 64.6 Å². The van der Waals surface area contributed by atoms with Gasteiger partial charge in [-0.2, -0.15) is 0 Å². The van der Waals surface area contributed by atoms with Crippen LogP contribution in [0.1, 0.15) is 22.8 Å². The summed E-state index contributed by atoms with van der Waals surface area (Å²) in [5.74, 6) is -1.38. The molecular weight excluding hydrogens is 313 g/mol. The minimum absolute atomic E-state index is 0.0920. The van der Waals surface area contributed by atoms with Crippen molar-refractivity contribution in [2.24, 2.45) is 0 Å². The molecule has 0 spiro atoms. The zero-order chi connectivity index (χ0) is 17.5. The Morgan fingerprint density at radius 2 is 1.88 bits per heavy atom. The van der Waals surface area contributed by atoms with E-state index in [1.165, 1.54) is 26.2 Å². The lowest BCUT2D eigenvalue weighted by Crippen LogP contribution is -2.39. The molecule has 6 heteroatoms. The Kier molecular flexibility index (Phi) is 5.89. The number of esters is 1. The third-order valence-corrected chi connectivity index (χ3v) is 3.33. The summed E-state index contributed by atoms with van der Waals surface area (Å²) in [7, 11) is 1.37. The van der Waals surface area contributed by atoms with Crippen LogP contribution in [0.5, 0.6) is 5.75 Å². The van der Waals surface area contributed by atoms with E-state index in [1.807, 2.05) is 0 Å². The Labute approximate surface area is 139 Å². The summed E-state index contributed by atoms with van der Waals surface area (Å²) in [6, 6.07) is 12.0. The smallest absolute Gasteiger partial charge is 0.328 e. The normalized spacial score (nSPS) is 11.5. The summed E-state index contributed by atoms with van der Waals surface area (Å²) in [6.45, 7) is 1.43. The number of hydrogen-bond acceptors (Lipinski definition) is 4. The molecule has 0 aliphatic rings. The van der Waals surface area contributed by atoms with Crippen LogP contribution in [0.3, 0.4) is 0 Å². The standard InChI is InChI=1S/C18H18FNO4/c1-12(20-17(21)14-6-4-3-5-7-14)18(22)24-11-13-8-9-16(23-2)15(19)10-13/h3-10,12H,11H2,1-2H3,(H,20,21)/t12-/m0/s1. The van der Waals surface area contributed by atoms with Gasteiger partial charge in [0.25, 0.3) is 5.91 Å². The molecule has 0 fully saturated rings.